The summed E-state index contributed by atoms with van der Waals surface area (Å²) >= 11 is 0. The van der Waals surface area contributed by atoms with Crippen LogP contribution in [-0.4, -0.2) is 17.6 Å². The van der Waals surface area contributed by atoms with Gasteiger partial charge in [0.15, 0.2) is 11.6 Å². The van der Waals surface area contributed by atoms with E-state index in [2.05, 4.69) is 5.32 Å². The van der Waals surface area contributed by atoms with Gasteiger partial charge in [-0.3, -0.25) is 4.79 Å². The number of hydrogen-bond acceptors (Lipinski definition) is 3. The number of fused-ring (bicyclic) bond motifs is 1. The number of carbonyl (C=O) groups is 1. The molecule has 122 valence electrons. The molecular weight excluding hydrogens is 285 g/mol. The molecule has 4 nitrogen and oxygen atoms in total. The van der Waals surface area contributed by atoms with E-state index < -0.39 is 17.3 Å². The van der Waals surface area contributed by atoms with E-state index in [4.69, 9.17) is 4.74 Å². The summed E-state index contributed by atoms with van der Waals surface area (Å²) in [5.74, 6) is -0.403. The number of hydrogen-bond donors (Lipinski definition) is 2. The third-order valence-electron chi connectivity index (χ3n) is 3.88. The minimum Gasteiger partial charge on any atom is -0.490 e. The highest BCUT2D eigenvalue weighted by Crippen LogP contribution is 2.37. The van der Waals surface area contributed by atoms with Crippen molar-refractivity contribution in [3.05, 3.63) is 29.1 Å². The molecule has 0 spiro atoms. The molecule has 1 aliphatic rings. The fraction of sp³-hybridized carbons (Fsp3) is 0.588. The van der Waals surface area contributed by atoms with Crippen molar-refractivity contribution in [1.82, 2.24) is 5.32 Å². The Morgan fingerprint density at radius 1 is 1.50 bits per heavy atom. The number of nitrogens with one attached hydrogen (secondary N) is 1. The van der Waals surface area contributed by atoms with E-state index in [9.17, 15) is 14.3 Å². The molecule has 1 amide bonds. The standard InChI is InChI=1S/C17H24FNO3/c1-5-14(20)10-8-11-13(19-16(21)17(2,3)4)6-7-22-15(11)12(18)9-10/h8-9,13-14,20H,5-7H2,1-4H3,(H,19,21). The van der Waals surface area contributed by atoms with Crippen LogP contribution in [0.25, 0.3) is 0 Å². The zero-order chi connectivity index (χ0) is 16.5. The molecule has 1 aliphatic heterocycles. The Balaban J connectivity index is 2.36. The summed E-state index contributed by atoms with van der Waals surface area (Å²) in [6.45, 7) is 7.69. The highest BCUT2D eigenvalue weighted by Gasteiger charge is 2.30. The highest BCUT2D eigenvalue weighted by molar-refractivity contribution is 5.81. The molecule has 0 fully saturated rings. The van der Waals surface area contributed by atoms with Gasteiger partial charge in [0, 0.05) is 17.4 Å². The Bertz CT molecular complexity index is 566. The van der Waals surface area contributed by atoms with Gasteiger partial charge in [0.25, 0.3) is 0 Å². The smallest absolute Gasteiger partial charge is 0.225 e. The number of carbonyl (C=O) groups excluding carboxylic acids is 1. The molecule has 0 aliphatic carbocycles. The lowest BCUT2D eigenvalue weighted by atomic mass is 9.92. The van der Waals surface area contributed by atoms with Gasteiger partial charge in [-0.1, -0.05) is 27.7 Å². The maximum Gasteiger partial charge on any atom is 0.225 e. The van der Waals surface area contributed by atoms with Crippen LogP contribution >= 0.6 is 0 Å². The van der Waals surface area contributed by atoms with Crippen LogP contribution in [0.15, 0.2) is 12.1 Å². The van der Waals surface area contributed by atoms with Crippen molar-refractivity contribution in [2.75, 3.05) is 6.61 Å². The summed E-state index contributed by atoms with van der Waals surface area (Å²) < 4.78 is 19.6. The Morgan fingerprint density at radius 3 is 2.77 bits per heavy atom. The first-order valence-corrected chi connectivity index (χ1v) is 7.69. The van der Waals surface area contributed by atoms with E-state index >= 15 is 0 Å². The molecule has 2 atom stereocenters. The van der Waals surface area contributed by atoms with E-state index in [1.807, 2.05) is 27.7 Å². The first-order chi connectivity index (χ1) is 10.2. The molecule has 0 saturated heterocycles. The number of halogens is 1. The van der Waals surface area contributed by atoms with E-state index in [0.29, 0.717) is 30.6 Å². The molecule has 0 aromatic heterocycles. The number of aliphatic hydroxyl groups excluding tert-OH is 1. The third-order valence-corrected chi connectivity index (χ3v) is 3.88. The minimum atomic E-state index is -0.722. The quantitative estimate of drug-likeness (QED) is 0.901. The molecule has 0 saturated carbocycles. The van der Waals surface area contributed by atoms with Crippen molar-refractivity contribution in [3.8, 4) is 5.75 Å². The molecular formula is C17H24FNO3. The van der Waals surface area contributed by atoms with Gasteiger partial charge in [-0.15, -0.1) is 0 Å². The molecule has 1 aromatic rings. The first kappa shape index (κ1) is 16.7. The van der Waals surface area contributed by atoms with Crippen molar-refractivity contribution >= 4 is 5.91 Å². The van der Waals surface area contributed by atoms with E-state index in [1.54, 1.807) is 6.07 Å². The van der Waals surface area contributed by atoms with Crippen molar-refractivity contribution in [1.29, 1.82) is 0 Å². The van der Waals surface area contributed by atoms with Crippen LogP contribution in [0.1, 0.15) is 63.8 Å². The number of rotatable bonds is 3. The van der Waals surface area contributed by atoms with Gasteiger partial charge in [-0.25, -0.2) is 4.39 Å². The van der Waals surface area contributed by atoms with Crippen LogP contribution < -0.4 is 10.1 Å². The highest BCUT2D eigenvalue weighted by atomic mass is 19.1. The lowest BCUT2D eigenvalue weighted by Gasteiger charge is -2.30. The first-order valence-electron chi connectivity index (χ1n) is 7.69. The van der Waals surface area contributed by atoms with Crippen LogP contribution in [-0.2, 0) is 4.79 Å². The fourth-order valence-corrected chi connectivity index (χ4v) is 2.43. The number of benzene rings is 1. The monoisotopic (exact) mass is 309 g/mol. The largest absolute Gasteiger partial charge is 0.490 e. The van der Waals surface area contributed by atoms with Gasteiger partial charge < -0.3 is 15.2 Å². The molecule has 2 rings (SSSR count). The predicted molar refractivity (Wildman–Crippen MR) is 82.1 cm³/mol. The lowest BCUT2D eigenvalue weighted by Crippen LogP contribution is -2.39. The Labute approximate surface area is 130 Å². The normalized spacial score (nSPS) is 19.1. The van der Waals surface area contributed by atoms with Gasteiger partial charge in [-0.05, 0) is 24.1 Å². The van der Waals surface area contributed by atoms with Gasteiger partial charge in [0.1, 0.15) is 0 Å². The number of aliphatic hydroxyl groups is 1. The summed E-state index contributed by atoms with van der Waals surface area (Å²) in [5.41, 5.74) is 0.600. The van der Waals surface area contributed by atoms with Crippen LogP contribution in [0, 0.1) is 11.2 Å². The second-order valence-electron chi connectivity index (χ2n) is 6.76. The third kappa shape index (κ3) is 3.40. The molecule has 2 unspecified atom stereocenters. The topological polar surface area (TPSA) is 58.6 Å². The molecule has 22 heavy (non-hydrogen) atoms. The predicted octanol–water partition coefficient (Wildman–Crippen LogP) is 3.26. The molecule has 1 heterocycles. The summed E-state index contributed by atoms with van der Waals surface area (Å²) in [5, 5.41) is 12.9. The van der Waals surface area contributed by atoms with Crippen LogP contribution in [0.2, 0.25) is 0 Å². The number of amides is 1. The zero-order valence-electron chi connectivity index (χ0n) is 13.6. The lowest BCUT2D eigenvalue weighted by molar-refractivity contribution is -0.129. The van der Waals surface area contributed by atoms with Crippen molar-refractivity contribution < 1.29 is 19.0 Å². The van der Waals surface area contributed by atoms with E-state index in [1.165, 1.54) is 6.07 Å². The molecule has 5 heteroatoms. The Hall–Kier alpha value is -1.62. The maximum absolute atomic E-state index is 14.2. The average molecular weight is 309 g/mol. The molecule has 2 N–H and O–H groups in total. The SMILES string of the molecule is CCC(O)c1cc(F)c2c(c1)C(NC(=O)C(C)(C)C)CCO2. The van der Waals surface area contributed by atoms with Gasteiger partial charge in [0.2, 0.25) is 5.91 Å². The summed E-state index contributed by atoms with van der Waals surface area (Å²) in [6.07, 6.45) is 0.360. The van der Waals surface area contributed by atoms with Crippen LogP contribution in [0.3, 0.4) is 0 Å². The van der Waals surface area contributed by atoms with Crippen LogP contribution in [0.4, 0.5) is 4.39 Å². The Kier molecular flexibility index (Phi) is 4.75. The summed E-state index contributed by atoms with van der Waals surface area (Å²) in [7, 11) is 0. The fourth-order valence-electron chi connectivity index (χ4n) is 2.43. The molecule has 0 bridgehead atoms. The summed E-state index contributed by atoms with van der Waals surface area (Å²) in [4.78, 5) is 12.2. The van der Waals surface area contributed by atoms with Gasteiger partial charge >= 0.3 is 0 Å². The van der Waals surface area contributed by atoms with Crippen molar-refractivity contribution in [2.24, 2.45) is 5.41 Å². The zero-order valence-corrected chi connectivity index (χ0v) is 13.6. The Morgan fingerprint density at radius 2 is 2.18 bits per heavy atom. The van der Waals surface area contributed by atoms with E-state index in [-0.39, 0.29) is 17.7 Å². The minimum absolute atomic E-state index is 0.0906. The van der Waals surface area contributed by atoms with Gasteiger partial charge in [-0.2, -0.15) is 0 Å². The second kappa shape index (κ2) is 6.24. The van der Waals surface area contributed by atoms with Crippen molar-refractivity contribution in [3.63, 3.8) is 0 Å². The number of ether oxygens (including phenoxy) is 1. The van der Waals surface area contributed by atoms with Crippen LogP contribution in [0.5, 0.6) is 5.75 Å². The van der Waals surface area contributed by atoms with Crippen molar-refractivity contribution in [2.45, 2.75) is 52.7 Å². The molecule has 1 aromatic carbocycles. The average Bonchev–Trinajstić information content (AvgIpc) is 2.46. The second-order valence-corrected chi connectivity index (χ2v) is 6.76. The molecule has 0 radical (unpaired) electrons. The maximum atomic E-state index is 14.2. The van der Waals surface area contributed by atoms with E-state index in [0.717, 1.165) is 0 Å². The van der Waals surface area contributed by atoms with Gasteiger partial charge in [0.05, 0.1) is 18.8 Å². The summed E-state index contributed by atoms with van der Waals surface area (Å²) in [6, 6.07) is 2.74.